The van der Waals surface area contributed by atoms with Crippen LogP contribution in [0.1, 0.15) is 37.2 Å². The highest BCUT2D eigenvalue weighted by Gasteiger charge is 2.44. The summed E-state index contributed by atoms with van der Waals surface area (Å²) in [5, 5.41) is 12.6. The topological polar surface area (TPSA) is 58.6 Å². The first-order valence-corrected chi connectivity index (χ1v) is 8.15. The lowest BCUT2D eigenvalue weighted by molar-refractivity contribution is -0.274. The maximum Gasteiger partial charge on any atom is 0.573 e. The Balaban J connectivity index is 1.48. The highest BCUT2D eigenvalue weighted by Crippen LogP contribution is 2.48. The minimum atomic E-state index is -4.70. The van der Waals surface area contributed by atoms with E-state index < -0.39 is 6.36 Å². The summed E-state index contributed by atoms with van der Waals surface area (Å²) in [4.78, 5) is 12.1. The van der Waals surface area contributed by atoms with Gasteiger partial charge in [0.05, 0.1) is 6.10 Å². The van der Waals surface area contributed by atoms with Gasteiger partial charge in [0.25, 0.3) is 0 Å². The molecule has 2 fully saturated rings. The number of ether oxygens (including phenoxy) is 1. The molecule has 4 unspecified atom stereocenters. The number of amides is 1. The Kier molecular flexibility index (Phi) is 4.71. The third-order valence-electron chi connectivity index (χ3n) is 4.83. The minimum absolute atomic E-state index is 0.0402. The summed E-state index contributed by atoms with van der Waals surface area (Å²) in [6, 6.07) is 5.68. The van der Waals surface area contributed by atoms with Crippen LogP contribution in [-0.4, -0.2) is 30.0 Å². The van der Waals surface area contributed by atoms with Crippen molar-refractivity contribution < 1.29 is 27.8 Å². The molecule has 0 aliphatic heterocycles. The molecule has 2 saturated carbocycles. The van der Waals surface area contributed by atoms with Crippen LogP contribution in [0.25, 0.3) is 0 Å². The third kappa shape index (κ3) is 4.20. The fourth-order valence-corrected chi connectivity index (χ4v) is 3.39. The summed E-state index contributed by atoms with van der Waals surface area (Å²) in [5.41, 5.74) is 0.838. The fraction of sp³-hybridized carbons (Fsp3) is 0.588. The average molecular weight is 343 g/mol. The quantitative estimate of drug-likeness (QED) is 0.864. The van der Waals surface area contributed by atoms with Crippen molar-refractivity contribution >= 4 is 5.91 Å². The molecule has 2 N–H and O–H groups in total. The number of hydrogen-bond donors (Lipinski definition) is 2. The van der Waals surface area contributed by atoms with Crippen LogP contribution >= 0.6 is 0 Å². The van der Waals surface area contributed by atoms with Gasteiger partial charge in [-0.1, -0.05) is 18.6 Å². The van der Waals surface area contributed by atoms with Gasteiger partial charge in [0, 0.05) is 18.4 Å². The van der Waals surface area contributed by atoms with E-state index in [0.717, 1.165) is 24.8 Å². The van der Waals surface area contributed by atoms with Crippen LogP contribution in [-0.2, 0) is 4.79 Å². The lowest BCUT2D eigenvalue weighted by atomic mass is 10.1. The number of nitrogens with one attached hydrogen (secondary N) is 1. The standard InChI is InChI=1S/C17H20F3NO3/c18-17(19,20)24-12-6-4-10(5-7-12)13-8-14(13)16(23)21-9-11-2-1-3-15(11)22/h4-7,11,13-15,22H,1-3,8-9H2,(H,21,23). The molecule has 0 radical (unpaired) electrons. The Bertz CT molecular complexity index is 588. The molecular formula is C17H20F3NO3. The monoisotopic (exact) mass is 343 g/mol. The van der Waals surface area contributed by atoms with Gasteiger partial charge in [-0.05, 0) is 42.9 Å². The SMILES string of the molecule is O=C(NCC1CCCC1O)C1CC1c1ccc(OC(F)(F)F)cc1. The molecule has 3 rings (SSSR count). The number of aliphatic hydroxyl groups is 1. The van der Waals surface area contributed by atoms with E-state index in [1.807, 2.05) is 0 Å². The Hall–Kier alpha value is -1.76. The lowest BCUT2D eigenvalue weighted by Gasteiger charge is -2.15. The van der Waals surface area contributed by atoms with E-state index >= 15 is 0 Å². The number of rotatable bonds is 5. The second-order valence-corrected chi connectivity index (χ2v) is 6.57. The van der Waals surface area contributed by atoms with Crippen molar-refractivity contribution in [3.8, 4) is 5.75 Å². The number of carbonyl (C=O) groups is 1. The summed E-state index contributed by atoms with van der Waals surface area (Å²) in [6.07, 6.45) is -1.64. The van der Waals surface area contributed by atoms with Crippen LogP contribution < -0.4 is 10.1 Å². The first kappa shape index (κ1) is 17.1. The van der Waals surface area contributed by atoms with Crippen molar-refractivity contribution in [3.05, 3.63) is 29.8 Å². The van der Waals surface area contributed by atoms with Gasteiger partial charge in [-0.25, -0.2) is 0 Å². The Morgan fingerprint density at radius 2 is 1.96 bits per heavy atom. The number of hydrogen-bond acceptors (Lipinski definition) is 3. The zero-order valence-corrected chi connectivity index (χ0v) is 13.1. The second-order valence-electron chi connectivity index (χ2n) is 6.57. The molecule has 132 valence electrons. The van der Waals surface area contributed by atoms with E-state index in [1.54, 1.807) is 12.1 Å². The number of halogens is 3. The number of benzene rings is 1. The molecular weight excluding hydrogens is 323 g/mol. The first-order valence-electron chi connectivity index (χ1n) is 8.15. The molecule has 2 aliphatic carbocycles. The van der Waals surface area contributed by atoms with Gasteiger partial charge in [-0.3, -0.25) is 4.79 Å². The summed E-state index contributed by atoms with van der Waals surface area (Å²) in [6.45, 7) is 0.488. The van der Waals surface area contributed by atoms with Gasteiger partial charge in [-0.2, -0.15) is 0 Å². The zero-order valence-electron chi connectivity index (χ0n) is 13.1. The van der Waals surface area contributed by atoms with E-state index in [-0.39, 0.29) is 35.5 Å². The maximum absolute atomic E-state index is 12.1. The van der Waals surface area contributed by atoms with E-state index in [2.05, 4.69) is 10.1 Å². The molecule has 24 heavy (non-hydrogen) atoms. The van der Waals surface area contributed by atoms with Gasteiger partial charge in [0.1, 0.15) is 5.75 Å². The predicted octanol–water partition coefficient (Wildman–Crippen LogP) is 2.97. The van der Waals surface area contributed by atoms with Crippen molar-refractivity contribution in [1.29, 1.82) is 0 Å². The van der Waals surface area contributed by atoms with Gasteiger partial charge < -0.3 is 15.2 Å². The number of alkyl halides is 3. The molecule has 0 aromatic heterocycles. The summed E-state index contributed by atoms with van der Waals surface area (Å²) >= 11 is 0. The molecule has 0 bridgehead atoms. The van der Waals surface area contributed by atoms with E-state index in [9.17, 15) is 23.1 Å². The van der Waals surface area contributed by atoms with Crippen LogP contribution in [0.2, 0.25) is 0 Å². The summed E-state index contributed by atoms with van der Waals surface area (Å²) in [7, 11) is 0. The van der Waals surface area contributed by atoms with Crippen molar-refractivity contribution in [2.45, 2.75) is 44.1 Å². The molecule has 1 amide bonds. The Labute approximate surface area is 138 Å². The van der Waals surface area contributed by atoms with Crippen molar-refractivity contribution in [3.63, 3.8) is 0 Å². The first-order chi connectivity index (χ1) is 11.3. The predicted molar refractivity (Wildman–Crippen MR) is 80.3 cm³/mol. The molecule has 0 heterocycles. The van der Waals surface area contributed by atoms with E-state index in [4.69, 9.17) is 0 Å². The normalized spacial score (nSPS) is 29.3. The van der Waals surface area contributed by atoms with E-state index in [1.165, 1.54) is 12.1 Å². The van der Waals surface area contributed by atoms with Crippen LogP contribution in [0.5, 0.6) is 5.75 Å². The lowest BCUT2D eigenvalue weighted by Crippen LogP contribution is -2.33. The fourth-order valence-electron chi connectivity index (χ4n) is 3.39. The molecule has 4 nitrogen and oxygen atoms in total. The minimum Gasteiger partial charge on any atom is -0.406 e. The van der Waals surface area contributed by atoms with Gasteiger partial charge in [-0.15, -0.1) is 13.2 Å². The Morgan fingerprint density at radius 1 is 1.25 bits per heavy atom. The highest BCUT2D eigenvalue weighted by atomic mass is 19.4. The van der Waals surface area contributed by atoms with Crippen molar-refractivity contribution in [2.24, 2.45) is 11.8 Å². The summed E-state index contributed by atoms with van der Waals surface area (Å²) < 4.78 is 40.2. The molecule has 2 aliphatic rings. The highest BCUT2D eigenvalue weighted by molar-refractivity contribution is 5.82. The van der Waals surface area contributed by atoms with Crippen LogP contribution in [0.4, 0.5) is 13.2 Å². The second kappa shape index (κ2) is 6.63. The van der Waals surface area contributed by atoms with Gasteiger partial charge in [0.2, 0.25) is 5.91 Å². The third-order valence-corrected chi connectivity index (χ3v) is 4.83. The molecule has 0 spiro atoms. The smallest absolute Gasteiger partial charge is 0.406 e. The maximum atomic E-state index is 12.1. The van der Waals surface area contributed by atoms with Crippen LogP contribution in [0.15, 0.2) is 24.3 Å². The molecule has 7 heteroatoms. The Morgan fingerprint density at radius 3 is 2.54 bits per heavy atom. The number of aliphatic hydroxyl groups excluding tert-OH is 1. The molecule has 4 atom stereocenters. The van der Waals surface area contributed by atoms with Crippen LogP contribution in [0, 0.1) is 11.8 Å². The van der Waals surface area contributed by atoms with Gasteiger partial charge in [0.15, 0.2) is 0 Å². The van der Waals surface area contributed by atoms with Gasteiger partial charge >= 0.3 is 6.36 Å². The molecule has 1 aromatic carbocycles. The summed E-state index contributed by atoms with van der Waals surface area (Å²) in [5.74, 6) is -0.279. The largest absolute Gasteiger partial charge is 0.573 e. The number of carbonyl (C=O) groups excluding carboxylic acids is 1. The van der Waals surface area contributed by atoms with E-state index in [0.29, 0.717) is 13.0 Å². The zero-order chi connectivity index (χ0) is 17.3. The molecule has 1 aromatic rings. The van der Waals surface area contributed by atoms with Crippen LogP contribution in [0.3, 0.4) is 0 Å². The molecule has 0 saturated heterocycles. The van der Waals surface area contributed by atoms with Crippen molar-refractivity contribution in [2.75, 3.05) is 6.54 Å². The van der Waals surface area contributed by atoms with Crippen molar-refractivity contribution in [1.82, 2.24) is 5.32 Å². The average Bonchev–Trinajstić information content (AvgIpc) is 3.20.